The number of rotatable bonds is 5. The molecule has 2 aromatic carbocycles. The molecule has 0 aliphatic carbocycles. The average molecular weight is 328 g/mol. The van der Waals surface area contributed by atoms with Crippen LogP contribution in [0, 0.1) is 0 Å². The number of nitrogens with one attached hydrogen (secondary N) is 2. The molecule has 0 saturated carbocycles. The van der Waals surface area contributed by atoms with Gasteiger partial charge >= 0.3 is 0 Å². The third-order valence-electron chi connectivity index (χ3n) is 4.17. The van der Waals surface area contributed by atoms with Crippen LogP contribution in [0.1, 0.15) is 17.4 Å². The molecule has 0 aliphatic heterocycles. The van der Waals surface area contributed by atoms with Gasteiger partial charge in [0.2, 0.25) is 0 Å². The van der Waals surface area contributed by atoms with Crippen LogP contribution in [0.3, 0.4) is 0 Å². The molecule has 1 heterocycles. The lowest BCUT2D eigenvalue weighted by Gasteiger charge is -2.20. The van der Waals surface area contributed by atoms with Gasteiger partial charge in [-0.3, -0.25) is 4.79 Å². The number of benzene rings is 2. The minimum atomic E-state index is -0.148. The van der Waals surface area contributed by atoms with Gasteiger partial charge in [-0.25, -0.2) is 0 Å². The summed E-state index contributed by atoms with van der Waals surface area (Å²) >= 11 is 1.55. The molecule has 3 N–H and O–H groups in total. The third-order valence-corrected chi connectivity index (χ3v) is 5.34. The zero-order chi connectivity index (χ0) is 16.4. The van der Waals surface area contributed by atoms with E-state index in [1.54, 1.807) is 11.8 Å². The van der Waals surface area contributed by atoms with Crippen molar-refractivity contribution in [2.75, 3.05) is 12.9 Å². The minimum Gasteiger partial charge on any atom is -0.395 e. The van der Waals surface area contributed by atoms with E-state index in [1.165, 1.54) is 0 Å². The first-order valence-corrected chi connectivity index (χ1v) is 8.88. The predicted octanol–water partition coefficient (Wildman–Crippen LogP) is 3.16. The Morgan fingerprint density at radius 3 is 2.78 bits per heavy atom. The van der Waals surface area contributed by atoms with Gasteiger partial charge in [0.1, 0.15) is 5.69 Å². The van der Waals surface area contributed by atoms with Crippen LogP contribution in [0.4, 0.5) is 0 Å². The molecule has 23 heavy (non-hydrogen) atoms. The highest BCUT2D eigenvalue weighted by molar-refractivity contribution is 7.99. The van der Waals surface area contributed by atoms with E-state index in [0.29, 0.717) is 5.69 Å². The molecule has 2 atom stereocenters. The Labute approximate surface area is 139 Å². The first-order valence-electron chi connectivity index (χ1n) is 7.59. The monoisotopic (exact) mass is 328 g/mol. The predicted molar refractivity (Wildman–Crippen MR) is 97.1 cm³/mol. The smallest absolute Gasteiger partial charge is 0.267 e. The molecule has 0 bridgehead atoms. The Kier molecular flexibility index (Phi) is 4.59. The number of carbonyl (C=O) groups is 1. The van der Waals surface area contributed by atoms with E-state index in [9.17, 15) is 9.90 Å². The maximum atomic E-state index is 12.5. The molecule has 120 valence electrons. The van der Waals surface area contributed by atoms with E-state index >= 15 is 0 Å². The third kappa shape index (κ3) is 3.07. The minimum absolute atomic E-state index is 0.0100. The maximum Gasteiger partial charge on any atom is 0.267 e. The molecular formula is C18H20N2O2S. The molecule has 0 radical (unpaired) electrons. The lowest BCUT2D eigenvalue weighted by atomic mass is 10.1. The van der Waals surface area contributed by atoms with Crippen molar-refractivity contribution < 1.29 is 9.90 Å². The van der Waals surface area contributed by atoms with Gasteiger partial charge in [-0.2, -0.15) is 11.8 Å². The molecule has 1 amide bonds. The van der Waals surface area contributed by atoms with Crippen LogP contribution in [-0.4, -0.2) is 40.2 Å². The summed E-state index contributed by atoms with van der Waals surface area (Å²) in [5, 5.41) is 15.6. The highest BCUT2D eigenvalue weighted by Gasteiger charge is 2.19. The van der Waals surface area contributed by atoms with E-state index in [-0.39, 0.29) is 23.8 Å². The molecule has 0 saturated heterocycles. The van der Waals surface area contributed by atoms with E-state index in [1.807, 2.05) is 43.5 Å². The van der Waals surface area contributed by atoms with Crippen molar-refractivity contribution in [3.05, 3.63) is 48.2 Å². The van der Waals surface area contributed by atoms with Crippen molar-refractivity contribution in [1.82, 2.24) is 10.3 Å². The van der Waals surface area contributed by atoms with Crippen LogP contribution in [0.15, 0.2) is 42.5 Å². The summed E-state index contributed by atoms with van der Waals surface area (Å²) in [6.45, 7) is 1.95. The summed E-state index contributed by atoms with van der Waals surface area (Å²) in [6.07, 6.45) is 1.93. The normalized spacial score (nSPS) is 14.0. The lowest BCUT2D eigenvalue weighted by Crippen LogP contribution is -2.41. The standard InChI is InChI=1S/C18H20N2O2S/c1-11(17(10-21)23-2)19-18(22)16-9-14-13-6-4-3-5-12(13)7-8-15(14)20-16/h3-9,11,17,20-21H,10H2,1-2H3,(H,19,22). The molecule has 0 spiro atoms. The van der Waals surface area contributed by atoms with Gasteiger partial charge < -0.3 is 15.4 Å². The number of thioether (sulfide) groups is 1. The quantitative estimate of drug-likeness (QED) is 0.674. The largest absolute Gasteiger partial charge is 0.395 e. The fourth-order valence-corrected chi connectivity index (χ4v) is 3.45. The number of fused-ring (bicyclic) bond motifs is 3. The Bertz CT molecular complexity index is 839. The number of aromatic amines is 1. The van der Waals surface area contributed by atoms with Crippen molar-refractivity contribution in [2.24, 2.45) is 0 Å². The van der Waals surface area contributed by atoms with Gasteiger partial charge in [-0.1, -0.05) is 30.3 Å². The molecule has 5 heteroatoms. The number of aliphatic hydroxyl groups excluding tert-OH is 1. The number of hydrogen-bond donors (Lipinski definition) is 3. The second-order valence-electron chi connectivity index (χ2n) is 5.65. The summed E-state index contributed by atoms with van der Waals surface area (Å²) in [5.41, 5.74) is 1.49. The van der Waals surface area contributed by atoms with Crippen LogP contribution in [0.5, 0.6) is 0 Å². The fraction of sp³-hybridized carbons (Fsp3) is 0.278. The summed E-state index contributed by atoms with van der Waals surface area (Å²) in [4.78, 5) is 15.7. The Balaban J connectivity index is 1.91. The number of aliphatic hydroxyl groups is 1. The zero-order valence-corrected chi connectivity index (χ0v) is 14.0. The number of H-pyrrole nitrogens is 1. The van der Waals surface area contributed by atoms with E-state index in [2.05, 4.69) is 22.4 Å². The topological polar surface area (TPSA) is 65.1 Å². The van der Waals surface area contributed by atoms with Crippen LogP contribution in [-0.2, 0) is 0 Å². The van der Waals surface area contributed by atoms with Crippen molar-refractivity contribution in [1.29, 1.82) is 0 Å². The van der Waals surface area contributed by atoms with Gasteiger partial charge in [-0.05, 0) is 36.1 Å². The van der Waals surface area contributed by atoms with E-state index in [4.69, 9.17) is 0 Å². The van der Waals surface area contributed by atoms with Crippen molar-refractivity contribution in [3.8, 4) is 0 Å². The Morgan fingerprint density at radius 1 is 1.26 bits per heavy atom. The van der Waals surface area contributed by atoms with Gasteiger partial charge in [0.05, 0.1) is 6.61 Å². The zero-order valence-electron chi connectivity index (χ0n) is 13.2. The second-order valence-corrected chi connectivity index (χ2v) is 6.73. The Hall–Kier alpha value is -1.98. The van der Waals surface area contributed by atoms with Crippen molar-refractivity contribution >= 4 is 39.3 Å². The van der Waals surface area contributed by atoms with Gasteiger partial charge in [0.25, 0.3) is 5.91 Å². The lowest BCUT2D eigenvalue weighted by molar-refractivity contribution is 0.0931. The summed E-state index contributed by atoms with van der Waals surface area (Å²) in [5.74, 6) is -0.148. The van der Waals surface area contributed by atoms with Crippen molar-refractivity contribution in [3.63, 3.8) is 0 Å². The first kappa shape index (κ1) is 15.9. The van der Waals surface area contributed by atoms with Crippen molar-refractivity contribution in [2.45, 2.75) is 18.2 Å². The molecule has 4 nitrogen and oxygen atoms in total. The first-order chi connectivity index (χ1) is 11.1. The van der Waals surface area contributed by atoms with E-state index in [0.717, 1.165) is 21.7 Å². The molecule has 1 aromatic heterocycles. The van der Waals surface area contributed by atoms with Crippen LogP contribution >= 0.6 is 11.8 Å². The Morgan fingerprint density at radius 2 is 2.04 bits per heavy atom. The maximum absolute atomic E-state index is 12.5. The average Bonchev–Trinajstić information content (AvgIpc) is 3.00. The SMILES string of the molecule is CSC(CO)C(C)NC(=O)c1cc2c(ccc3ccccc32)[nH]1. The molecule has 0 fully saturated rings. The highest BCUT2D eigenvalue weighted by atomic mass is 32.2. The summed E-state index contributed by atoms with van der Waals surface area (Å²) in [7, 11) is 0. The molecule has 3 rings (SSSR count). The second kappa shape index (κ2) is 6.64. The van der Waals surface area contributed by atoms with Gasteiger partial charge in [0, 0.05) is 22.2 Å². The van der Waals surface area contributed by atoms with E-state index < -0.39 is 0 Å². The van der Waals surface area contributed by atoms with Gasteiger partial charge in [0.15, 0.2) is 0 Å². The van der Waals surface area contributed by atoms with Crippen LogP contribution in [0.25, 0.3) is 21.7 Å². The highest BCUT2D eigenvalue weighted by Crippen LogP contribution is 2.26. The number of amides is 1. The summed E-state index contributed by atoms with van der Waals surface area (Å²) in [6, 6.07) is 14.0. The number of hydrogen-bond acceptors (Lipinski definition) is 3. The molecular weight excluding hydrogens is 308 g/mol. The molecule has 2 unspecified atom stereocenters. The summed E-state index contributed by atoms with van der Waals surface area (Å²) < 4.78 is 0. The number of carbonyl (C=O) groups excluding carboxylic acids is 1. The fourth-order valence-electron chi connectivity index (χ4n) is 2.82. The van der Waals surface area contributed by atoms with Crippen LogP contribution in [0.2, 0.25) is 0 Å². The number of aromatic nitrogens is 1. The van der Waals surface area contributed by atoms with Gasteiger partial charge in [-0.15, -0.1) is 0 Å². The molecule has 0 aliphatic rings. The molecule has 3 aromatic rings. The van der Waals surface area contributed by atoms with Crippen LogP contribution < -0.4 is 5.32 Å².